The molecule has 2 heteroatoms. The van der Waals surface area contributed by atoms with Crippen molar-refractivity contribution in [3.05, 3.63) is 35.9 Å². The van der Waals surface area contributed by atoms with E-state index >= 15 is 0 Å². The molecule has 0 aliphatic carbocycles. The van der Waals surface area contributed by atoms with Gasteiger partial charge in [0.25, 0.3) is 0 Å². The molecule has 2 nitrogen and oxygen atoms in total. The van der Waals surface area contributed by atoms with Gasteiger partial charge in [0, 0.05) is 24.7 Å². The topological polar surface area (TPSA) is 29.3 Å². The van der Waals surface area contributed by atoms with Gasteiger partial charge in [-0.3, -0.25) is 4.90 Å². The lowest BCUT2D eigenvalue weighted by Gasteiger charge is -2.48. The number of nitrogens with zero attached hydrogens (tertiary/aromatic N) is 1. The molecule has 17 heavy (non-hydrogen) atoms. The fraction of sp³-hybridized carbons (Fsp3) is 0.600. The van der Waals surface area contributed by atoms with Gasteiger partial charge in [0.15, 0.2) is 0 Å². The van der Waals surface area contributed by atoms with E-state index < -0.39 is 0 Å². The highest BCUT2D eigenvalue weighted by molar-refractivity contribution is 5.15. The summed E-state index contributed by atoms with van der Waals surface area (Å²) >= 11 is 0. The number of nitrogens with two attached hydrogens (primary N) is 1. The van der Waals surface area contributed by atoms with E-state index in [9.17, 15) is 0 Å². The molecule has 0 unspecified atom stereocenters. The fourth-order valence-electron chi connectivity index (χ4n) is 3.57. The van der Waals surface area contributed by atoms with Crippen LogP contribution in [0.4, 0.5) is 0 Å². The van der Waals surface area contributed by atoms with Gasteiger partial charge in [-0.05, 0) is 31.2 Å². The molecule has 1 aromatic rings. The second kappa shape index (κ2) is 4.79. The minimum atomic E-state index is 0.442. The lowest BCUT2D eigenvalue weighted by Crippen LogP contribution is -2.54. The van der Waals surface area contributed by atoms with E-state index in [1.54, 1.807) is 0 Å². The Hall–Kier alpha value is -0.860. The molecule has 0 radical (unpaired) electrons. The van der Waals surface area contributed by atoms with E-state index in [0.29, 0.717) is 6.04 Å². The molecule has 0 aromatic heterocycles. The third-order valence-corrected chi connectivity index (χ3v) is 4.37. The molecule has 2 atom stereocenters. The summed E-state index contributed by atoms with van der Waals surface area (Å²) in [7, 11) is 0. The van der Waals surface area contributed by atoms with Crippen LogP contribution >= 0.6 is 0 Å². The van der Waals surface area contributed by atoms with Gasteiger partial charge in [-0.15, -0.1) is 0 Å². The summed E-state index contributed by atoms with van der Waals surface area (Å²) in [5.41, 5.74) is 7.60. The quantitative estimate of drug-likeness (QED) is 0.846. The minimum absolute atomic E-state index is 0.442. The van der Waals surface area contributed by atoms with Crippen LogP contribution in [-0.2, 0) is 6.54 Å². The zero-order valence-corrected chi connectivity index (χ0v) is 10.4. The summed E-state index contributed by atoms with van der Waals surface area (Å²) in [6.45, 7) is 1.11. The molecule has 3 rings (SSSR count). The number of hydrogen-bond donors (Lipinski definition) is 1. The average molecular weight is 230 g/mol. The van der Waals surface area contributed by atoms with Gasteiger partial charge in [0.2, 0.25) is 0 Å². The molecule has 2 aliphatic heterocycles. The molecule has 0 amide bonds. The normalized spacial score (nSPS) is 33.6. The van der Waals surface area contributed by atoms with Gasteiger partial charge >= 0.3 is 0 Å². The van der Waals surface area contributed by atoms with Crippen molar-refractivity contribution in [3.63, 3.8) is 0 Å². The molecule has 2 fully saturated rings. The molecule has 2 saturated heterocycles. The highest BCUT2D eigenvalue weighted by atomic mass is 15.2. The number of hydrogen-bond acceptors (Lipinski definition) is 2. The summed E-state index contributed by atoms with van der Waals surface area (Å²) in [6, 6.07) is 12.8. The fourth-order valence-corrected chi connectivity index (χ4v) is 3.57. The van der Waals surface area contributed by atoms with Crippen molar-refractivity contribution in [1.82, 2.24) is 4.90 Å². The number of benzene rings is 1. The first kappa shape index (κ1) is 11.2. The van der Waals surface area contributed by atoms with Gasteiger partial charge in [0.05, 0.1) is 0 Å². The maximum Gasteiger partial charge on any atom is 0.0239 e. The summed E-state index contributed by atoms with van der Waals surface area (Å²) < 4.78 is 0. The predicted molar refractivity (Wildman–Crippen MR) is 70.6 cm³/mol. The smallest absolute Gasteiger partial charge is 0.0239 e. The van der Waals surface area contributed by atoms with E-state index in [1.165, 1.54) is 37.7 Å². The van der Waals surface area contributed by atoms with E-state index in [2.05, 4.69) is 35.2 Å². The Morgan fingerprint density at radius 3 is 2.35 bits per heavy atom. The molecule has 1 aromatic carbocycles. The molecule has 0 saturated carbocycles. The van der Waals surface area contributed by atoms with Crippen LogP contribution in [0.15, 0.2) is 30.3 Å². The Morgan fingerprint density at radius 2 is 1.71 bits per heavy atom. The standard InChI is InChI=1S/C15H22N2/c16-13-9-14-7-4-8-15(10-13)17(14)11-12-5-2-1-3-6-12/h1-3,5-6,13-15H,4,7-11,16H2/t14-,15-/m1/s1. The predicted octanol–water partition coefficient (Wildman–Crippen LogP) is 2.53. The average Bonchev–Trinajstić information content (AvgIpc) is 2.32. The molecular formula is C15H22N2. The zero-order chi connectivity index (χ0) is 11.7. The van der Waals surface area contributed by atoms with Crippen molar-refractivity contribution in [3.8, 4) is 0 Å². The Balaban J connectivity index is 1.74. The van der Waals surface area contributed by atoms with Crippen molar-refractivity contribution in [2.75, 3.05) is 0 Å². The van der Waals surface area contributed by atoms with Crippen molar-refractivity contribution in [2.24, 2.45) is 5.73 Å². The van der Waals surface area contributed by atoms with E-state index in [1.807, 2.05) is 0 Å². The lowest BCUT2D eigenvalue weighted by molar-refractivity contribution is 0.0245. The van der Waals surface area contributed by atoms with E-state index in [0.717, 1.165) is 18.6 Å². The maximum atomic E-state index is 6.15. The summed E-state index contributed by atoms with van der Waals surface area (Å²) in [6.07, 6.45) is 6.48. The summed E-state index contributed by atoms with van der Waals surface area (Å²) in [5, 5.41) is 0. The van der Waals surface area contributed by atoms with Crippen LogP contribution in [0.3, 0.4) is 0 Å². The minimum Gasteiger partial charge on any atom is -0.328 e. The van der Waals surface area contributed by atoms with Crippen molar-refractivity contribution < 1.29 is 0 Å². The highest BCUT2D eigenvalue weighted by Crippen LogP contribution is 2.34. The molecule has 2 heterocycles. The van der Waals surface area contributed by atoms with Crippen molar-refractivity contribution in [2.45, 2.75) is 56.8 Å². The molecule has 2 aliphatic rings. The van der Waals surface area contributed by atoms with Gasteiger partial charge in [0.1, 0.15) is 0 Å². The van der Waals surface area contributed by atoms with Crippen LogP contribution in [0.1, 0.15) is 37.7 Å². The SMILES string of the molecule is NC1C[C@H]2CCC[C@H](C1)N2Cc1ccccc1. The van der Waals surface area contributed by atoms with Crippen molar-refractivity contribution in [1.29, 1.82) is 0 Å². The molecule has 2 bridgehead atoms. The Labute approximate surface area is 104 Å². The Morgan fingerprint density at radius 1 is 1.06 bits per heavy atom. The van der Waals surface area contributed by atoms with Crippen LogP contribution in [0, 0.1) is 0 Å². The van der Waals surface area contributed by atoms with Crippen LogP contribution in [0.5, 0.6) is 0 Å². The molecule has 0 spiro atoms. The summed E-state index contributed by atoms with van der Waals surface area (Å²) in [5.74, 6) is 0. The van der Waals surface area contributed by atoms with Gasteiger partial charge in [-0.1, -0.05) is 36.8 Å². The Bertz CT molecular complexity index is 348. The zero-order valence-electron chi connectivity index (χ0n) is 10.4. The van der Waals surface area contributed by atoms with Crippen LogP contribution in [0.25, 0.3) is 0 Å². The van der Waals surface area contributed by atoms with Gasteiger partial charge in [-0.25, -0.2) is 0 Å². The van der Waals surface area contributed by atoms with E-state index in [-0.39, 0.29) is 0 Å². The molecule has 2 N–H and O–H groups in total. The van der Waals surface area contributed by atoms with Crippen LogP contribution in [0.2, 0.25) is 0 Å². The van der Waals surface area contributed by atoms with Crippen LogP contribution < -0.4 is 5.73 Å². The first-order valence-electron chi connectivity index (χ1n) is 6.88. The number of fused-ring (bicyclic) bond motifs is 2. The van der Waals surface area contributed by atoms with Gasteiger partial charge in [-0.2, -0.15) is 0 Å². The third-order valence-electron chi connectivity index (χ3n) is 4.37. The number of rotatable bonds is 2. The second-order valence-corrected chi connectivity index (χ2v) is 5.63. The first-order valence-corrected chi connectivity index (χ1v) is 6.88. The molecule has 92 valence electrons. The monoisotopic (exact) mass is 230 g/mol. The van der Waals surface area contributed by atoms with E-state index in [4.69, 9.17) is 5.73 Å². The largest absolute Gasteiger partial charge is 0.328 e. The van der Waals surface area contributed by atoms with Crippen LogP contribution in [-0.4, -0.2) is 23.0 Å². The van der Waals surface area contributed by atoms with Crippen molar-refractivity contribution >= 4 is 0 Å². The van der Waals surface area contributed by atoms with Gasteiger partial charge < -0.3 is 5.73 Å². The lowest BCUT2D eigenvalue weighted by atomic mass is 9.82. The Kier molecular flexibility index (Phi) is 3.17. The third kappa shape index (κ3) is 2.38. The number of piperidine rings is 2. The first-order chi connectivity index (χ1) is 8.33. The maximum absolute atomic E-state index is 6.15. The second-order valence-electron chi connectivity index (χ2n) is 5.63. The highest BCUT2D eigenvalue weighted by Gasteiger charge is 2.36. The molecular weight excluding hydrogens is 208 g/mol. The summed E-state index contributed by atoms with van der Waals surface area (Å²) in [4.78, 5) is 2.71.